The molecule has 0 amide bonds. The average molecular weight is 255 g/mol. The molecular formula is C14H13N3S. The Hall–Kier alpha value is -1.94. The summed E-state index contributed by atoms with van der Waals surface area (Å²) in [7, 11) is 0. The Kier molecular flexibility index (Phi) is 2.52. The predicted molar refractivity (Wildman–Crippen MR) is 76.7 cm³/mol. The van der Waals surface area contributed by atoms with Crippen molar-refractivity contribution in [2.75, 3.05) is 5.73 Å². The van der Waals surface area contributed by atoms with Gasteiger partial charge in [0.05, 0.1) is 5.39 Å². The first-order valence-electron chi connectivity index (χ1n) is 5.73. The number of nitrogens with zero attached hydrogens (tertiary/aromatic N) is 2. The number of benzene rings is 1. The molecule has 0 spiro atoms. The molecule has 2 aromatic heterocycles. The standard InChI is InChI=1S/C14H13N3S/c1-8-3-5-10(6-4-8)11-9(2)18-14-12(11)13(15)16-7-17-14/h3-7H,1-2H3,(H2,15,16,17). The van der Waals surface area contributed by atoms with Crippen LogP contribution in [0.3, 0.4) is 0 Å². The minimum absolute atomic E-state index is 0.555. The first-order valence-corrected chi connectivity index (χ1v) is 6.55. The molecule has 18 heavy (non-hydrogen) atoms. The lowest BCUT2D eigenvalue weighted by atomic mass is 10.0. The number of hydrogen-bond donors (Lipinski definition) is 1. The lowest BCUT2D eigenvalue weighted by Crippen LogP contribution is -1.92. The molecule has 0 saturated heterocycles. The van der Waals surface area contributed by atoms with Gasteiger partial charge in [-0.2, -0.15) is 0 Å². The third-order valence-electron chi connectivity index (χ3n) is 3.03. The van der Waals surface area contributed by atoms with Crippen LogP contribution in [-0.4, -0.2) is 9.97 Å². The van der Waals surface area contributed by atoms with E-state index >= 15 is 0 Å². The van der Waals surface area contributed by atoms with Crippen LogP contribution in [-0.2, 0) is 0 Å². The summed E-state index contributed by atoms with van der Waals surface area (Å²) in [4.78, 5) is 10.6. The summed E-state index contributed by atoms with van der Waals surface area (Å²) < 4.78 is 0. The Balaban J connectivity index is 2.34. The van der Waals surface area contributed by atoms with Crippen molar-refractivity contribution in [1.29, 1.82) is 0 Å². The Labute approximate surface area is 109 Å². The Morgan fingerprint density at radius 3 is 2.50 bits per heavy atom. The van der Waals surface area contributed by atoms with Crippen molar-refractivity contribution in [3.63, 3.8) is 0 Å². The molecule has 4 heteroatoms. The molecule has 3 nitrogen and oxygen atoms in total. The Morgan fingerprint density at radius 2 is 1.78 bits per heavy atom. The van der Waals surface area contributed by atoms with Gasteiger partial charge in [0.2, 0.25) is 0 Å². The van der Waals surface area contributed by atoms with Gasteiger partial charge in [0.25, 0.3) is 0 Å². The van der Waals surface area contributed by atoms with Gasteiger partial charge < -0.3 is 5.73 Å². The zero-order chi connectivity index (χ0) is 12.7. The number of anilines is 1. The molecule has 3 aromatic rings. The summed E-state index contributed by atoms with van der Waals surface area (Å²) in [6.45, 7) is 4.18. The zero-order valence-electron chi connectivity index (χ0n) is 10.3. The lowest BCUT2D eigenvalue weighted by Gasteiger charge is -2.03. The molecule has 3 rings (SSSR count). The van der Waals surface area contributed by atoms with Crippen molar-refractivity contribution in [3.05, 3.63) is 41.0 Å². The van der Waals surface area contributed by atoms with Gasteiger partial charge >= 0.3 is 0 Å². The summed E-state index contributed by atoms with van der Waals surface area (Å²) in [6, 6.07) is 8.46. The number of aryl methyl sites for hydroxylation is 2. The fourth-order valence-corrected chi connectivity index (χ4v) is 3.15. The second-order valence-electron chi connectivity index (χ2n) is 4.34. The van der Waals surface area contributed by atoms with Crippen LogP contribution in [0.4, 0.5) is 5.82 Å². The normalized spacial score (nSPS) is 11.0. The van der Waals surface area contributed by atoms with E-state index in [0.717, 1.165) is 15.8 Å². The number of aromatic nitrogens is 2. The fourth-order valence-electron chi connectivity index (χ4n) is 2.13. The summed E-state index contributed by atoms with van der Waals surface area (Å²) in [5.74, 6) is 0.555. The highest BCUT2D eigenvalue weighted by Crippen LogP contribution is 2.39. The molecule has 0 aliphatic heterocycles. The minimum atomic E-state index is 0.555. The molecule has 0 atom stereocenters. The quantitative estimate of drug-likeness (QED) is 0.723. The molecule has 0 aliphatic carbocycles. The summed E-state index contributed by atoms with van der Waals surface area (Å²) in [5, 5.41) is 0.976. The van der Waals surface area contributed by atoms with E-state index in [4.69, 9.17) is 5.73 Å². The van der Waals surface area contributed by atoms with Crippen molar-refractivity contribution in [2.45, 2.75) is 13.8 Å². The van der Waals surface area contributed by atoms with Gasteiger partial charge in [-0.05, 0) is 19.4 Å². The van der Waals surface area contributed by atoms with Gasteiger partial charge in [-0.15, -0.1) is 11.3 Å². The van der Waals surface area contributed by atoms with Crippen LogP contribution in [0.1, 0.15) is 10.4 Å². The molecule has 90 valence electrons. The van der Waals surface area contributed by atoms with E-state index in [1.165, 1.54) is 22.3 Å². The van der Waals surface area contributed by atoms with Crippen LogP contribution >= 0.6 is 11.3 Å². The monoisotopic (exact) mass is 255 g/mol. The number of nitrogen functional groups attached to an aromatic ring is 1. The molecule has 1 aromatic carbocycles. The lowest BCUT2D eigenvalue weighted by molar-refractivity contribution is 1.24. The number of fused-ring (bicyclic) bond motifs is 1. The second kappa shape index (κ2) is 4.07. The number of hydrogen-bond acceptors (Lipinski definition) is 4. The molecule has 0 fully saturated rings. The first-order chi connectivity index (χ1) is 8.66. The van der Waals surface area contributed by atoms with Crippen molar-refractivity contribution < 1.29 is 0 Å². The van der Waals surface area contributed by atoms with Crippen molar-refractivity contribution in [2.24, 2.45) is 0 Å². The van der Waals surface area contributed by atoms with Gasteiger partial charge in [-0.3, -0.25) is 0 Å². The SMILES string of the molecule is Cc1ccc(-c2c(C)sc3ncnc(N)c23)cc1. The third-order valence-corrected chi connectivity index (χ3v) is 4.05. The highest BCUT2D eigenvalue weighted by atomic mass is 32.1. The Bertz CT molecular complexity index is 714. The number of nitrogens with two attached hydrogens (primary N) is 1. The largest absolute Gasteiger partial charge is 0.383 e. The average Bonchev–Trinajstić information content (AvgIpc) is 2.68. The zero-order valence-corrected chi connectivity index (χ0v) is 11.1. The van der Waals surface area contributed by atoms with Crippen molar-refractivity contribution in [3.8, 4) is 11.1 Å². The van der Waals surface area contributed by atoms with Crippen LogP contribution in [0.5, 0.6) is 0 Å². The van der Waals surface area contributed by atoms with E-state index in [1.54, 1.807) is 11.3 Å². The first kappa shape index (κ1) is 11.2. The predicted octanol–water partition coefficient (Wildman–Crippen LogP) is 3.56. The van der Waals surface area contributed by atoms with E-state index in [9.17, 15) is 0 Å². The van der Waals surface area contributed by atoms with E-state index in [2.05, 4.69) is 48.1 Å². The summed E-state index contributed by atoms with van der Waals surface area (Å²) >= 11 is 1.66. The van der Waals surface area contributed by atoms with E-state index < -0.39 is 0 Å². The summed E-state index contributed by atoms with van der Waals surface area (Å²) in [5.41, 5.74) is 9.58. The highest BCUT2D eigenvalue weighted by molar-refractivity contribution is 7.19. The maximum atomic E-state index is 5.99. The van der Waals surface area contributed by atoms with Gasteiger partial charge in [0.1, 0.15) is 17.0 Å². The highest BCUT2D eigenvalue weighted by Gasteiger charge is 2.14. The maximum absolute atomic E-state index is 5.99. The Morgan fingerprint density at radius 1 is 1.06 bits per heavy atom. The fraction of sp³-hybridized carbons (Fsp3) is 0.143. The molecule has 2 N–H and O–H groups in total. The third kappa shape index (κ3) is 1.66. The van der Waals surface area contributed by atoms with Crippen LogP contribution in [0.15, 0.2) is 30.6 Å². The van der Waals surface area contributed by atoms with Gasteiger partial charge in [-0.25, -0.2) is 9.97 Å². The molecular weight excluding hydrogens is 242 g/mol. The summed E-state index contributed by atoms with van der Waals surface area (Å²) in [6.07, 6.45) is 1.52. The smallest absolute Gasteiger partial charge is 0.136 e. The van der Waals surface area contributed by atoms with Crippen molar-refractivity contribution >= 4 is 27.4 Å². The second-order valence-corrected chi connectivity index (χ2v) is 5.54. The number of rotatable bonds is 1. The van der Waals surface area contributed by atoms with Gasteiger partial charge in [-0.1, -0.05) is 29.8 Å². The maximum Gasteiger partial charge on any atom is 0.136 e. The van der Waals surface area contributed by atoms with E-state index in [0.29, 0.717) is 5.82 Å². The van der Waals surface area contributed by atoms with Crippen LogP contribution < -0.4 is 5.73 Å². The van der Waals surface area contributed by atoms with Crippen LogP contribution in [0, 0.1) is 13.8 Å². The molecule has 0 unspecified atom stereocenters. The van der Waals surface area contributed by atoms with Crippen LogP contribution in [0.2, 0.25) is 0 Å². The molecule has 0 bridgehead atoms. The van der Waals surface area contributed by atoms with Crippen molar-refractivity contribution in [1.82, 2.24) is 9.97 Å². The topological polar surface area (TPSA) is 51.8 Å². The molecule has 2 heterocycles. The molecule has 0 radical (unpaired) electrons. The molecule has 0 aliphatic rings. The number of thiophene rings is 1. The van der Waals surface area contributed by atoms with E-state index in [-0.39, 0.29) is 0 Å². The minimum Gasteiger partial charge on any atom is -0.383 e. The van der Waals surface area contributed by atoms with Crippen LogP contribution in [0.25, 0.3) is 21.3 Å². The van der Waals surface area contributed by atoms with E-state index in [1.807, 2.05) is 0 Å². The van der Waals surface area contributed by atoms with Gasteiger partial charge in [0, 0.05) is 10.4 Å². The molecule has 0 saturated carbocycles. The van der Waals surface area contributed by atoms with Gasteiger partial charge in [0.15, 0.2) is 0 Å².